The Morgan fingerprint density at radius 1 is 1.18 bits per heavy atom. The predicted octanol–water partition coefficient (Wildman–Crippen LogP) is 1.99. The third-order valence-corrected chi connectivity index (χ3v) is 4.69. The number of primary sulfonamides is 1. The molecule has 22 heavy (non-hydrogen) atoms. The van der Waals surface area contributed by atoms with Crippen LogP contribution in [0.5, 0.6) is 0 Å². The Labute approximate surface area is 134 Å². The molecular formula is C15H16N2O3S2. The second kappa shape index (κ2) is 6.95. The molecule has 2 rings (SSSR count). The first-order valence-electron chi connectivity index (χ1n) is 6.44. The number of sulfonamides is 1. The predicted molar refractivity (Wildman–Crippen MR) is 87.2 cm³/mol. The number of nitrogens with one attached hydrogen (secondary N) is 1. The number of carbonyl (C=O) groups excluding carboxylic acids is 1. The van der Waals surface area contributed by atoms with Crippen LogP contribution in [0.1, 0.15) is 15.9 Å². The summed E-state index contributed by atoms with van der Waals surface area (Å²) in [5, 5.41) is 7.83. The summed E-state index contributed by atoms with van der Waals surface area (Å²) in [6.07, 6.45) is 1.97. The van der Waals surface area contributed by atoms with E-state index in [2.05, 4.69) is 5.32 Å². The summed E-state index contributed by atoms with van der Waals surface area (Å²) in [7, 11) is -3.74. The molecule has 0 aliphatic rings. The van der Waals surface area contributed by atoms with E-state index in [0.29, 0.717) is 11.1 Å². The lowest BCUT2D eigenvalue weighted by molar-refractivity contribution is 0.0951. The number of carbonyl (C=O) groups is 1. The molecular weight excluding hydrogens is 320 g/mol. The van der Waals surface area contributed by atoms with Gasteiger partial charge in [0, 0.05) is 17.0 Å². The molecule has 0 saturated carbocycles. The van der Waals surface area contributed by atoms with Crippen LogP contribution < -0.4 is 10.5 Å². The van der Waals surface area contributed by atoms with Gasteiger partial charge in [-0.1, -0.05) is 12.1 Å². The van der Waals surface area contributed by atoms with Crippen molar-refractivity contribution in [3.05, 3.63) is 59.7 Å². The van der Waals surface area contributed by atoms with Gasteiger partial charge in [0.05, 0.1) is 4.90 Å². The molecule has 0 unspecified atom stereocenters. The highest BCUT2D eigenvalue weighted by atomic mass is 32.2. The fourth-order valence-electron chi connectivity index (χ4n) is 1.86. The van der Waals surface area contributed by atoms with E-state index in [1.54, 1.807) is 36.0 Å². The first-order valence-corrected chi connectivity index (χ1v) is 9.21. The molecule has 2 aromatic rings. The van der Waals surface area contributed by atoms with Crippen molar-refractivity contribution in [1.82, 2.24) is 5.32 Å². The SMILES string of the molecule is CSc1ccc(C(=O)NCc2cccc(S(N)(=O)=O)c2)cc1. The number of nitrogens with two attached hydrogens (primary N) is 1. The molecule has 5 nitrogen and oxygen atoms in total. The largest absolute Gasteiger partial charge is 0.348 e. The molecule has 0 spiro atoms. The van der Waals surface area contributed by atoms with Gasteiger partial charge >= 0.3 is 0 Å². The van der Waals surface area contributed by atoms with Crippen LogP contribution in [0, 0.1) is 0 Å². The second-order valence-electron chi connectivity index (χ2n) is 4.60. The number of rotatable bonds is 5. The van der Waals surface area contributed by atoms with Crippen LogP contribution in [-0.2, 0) is 16.6 Å². The molecule has 3 N–H and O–H groups in total. The van der Waals surface area contributed by atoms with E-state index in [0.717, 1.165) is 4.90 Å². The number of benzene rings is 2. The van der Waals surface area contributed by atoms with Crippen LogP contribution in [0.3, 0.4) is 0 Å². The Bertz CT molecular complexity index is 772. The topological polar surface area (TPSA) is 89.3 Å². The van der Waals surface area contributed by atoms with E-state index >= 15 is 0 Å². The molecule has 0 fully saturated rings. The zero-order chi connectivity index (χ0) is 16.2. The third-order valence-electron chi connectivity index (χ3n) is 3.03. The molecule has 0 aliphatic heterocycles. The van der Waals surface area contributed by atoms with Crippen LogP contribution in [0.2, 0.25) is 0 Å². The zero-order valence-corrected chi connectivity index (χ0v) is 13.6. The van der Waals surface area contributed by atoms with E-state index in [-0.39, 0.29) is 17.3 Å². The van der Waals surface area contributed by atoms with Crippen molar-refractivity contribution >= 4 is 27.7 Å². The quantitative estimate of drug-likeness (QED) is 0.817. The Hall–Kier alpha value is -1.83. The monoisotopic (exact) mass is 336 g/mol. The fraction of sp³-hybridized carbons (Fsp3) is 0.133. The highest BCUT2D eigenvalue weighted by molar-refractivity contribution is 7.98. The molecule has 1 amide bonds. The normalized spacial score (nSPS) is 11.2. The second-order valence-corrected chi connectivity index (χ2v) is 7.04. The minimum absolute atomic E-state index is 0.0311. The minimum Gasteiger partial charge on any atom is -0.348 e. The van der Waals surface area contributed by atoms with Crippen molar-refractivity contribution in [1.29, 1.82) is 0 Å². The highest BCUT2D eigenvalue weighted by Crippen LogP contribution is 2.15. The molecule has 0 bridgehead atoms. The van der Waals surface area contributed by atoms with Gasteiger partial charge in [0.1, 0.15) is 0 Å². The molecule has 0 atom stereocenters. The van der Waals surface area contributed by atoms with Crippen LogP contribution >= 0.6 is 11.8 Å². The van der Waals surface area contributed by atoms with Crippen molar-refractivity contribution in [2.24, 2.45) is 5.14 Å². The summed E-state index contributed by atoms with van der Waals surface area (Å²) in [4.78, 5) is 13.2. The van der Waals surface area contributed by atoms with Gasteiger partial charge in [0.2, 0.25) is 10.0 Å². The molecule has 0 aromatic heterocycles. The molecule has 0 radical (unpaired) electrons. The van der Waals surface area contributed by atoms with Crippen LogP contribution in [0.4, 0.5) is 0 Å². The van der Waals surface area contributed by atoms with E-state index in [9.17, 15) is 13.2 Å². The van der Waals surface area contributed by atoms with Crippen molar-refractivity contribution in [3.8, 4) is 0 Å². The summed E-state index contributed by atoms with van der Waals surface area (Å²) in [5.41, 5.74) is 1.22. The number of thioether (sulfide) groups is 1. The zero-order valence-electron chi connectivity index (χ0n) is 11.9. The van der Waals surface area contributed by atoms with Gasteiger partial charge in [-0.25, -0.2) is 13.6 Å². The minimum atomic E-state index is -3.74. The van der Waals surface area contributed by atoms with Gasteiger partial charge in [0.15, 0.2) is 0 Å². The molecule has 0 heterocycles. The number of amides is 1. The standard InChI is InChI=1S/C15H16N2O3S2/c1-21-13-7-5-12(6-8-13)15(18)17-10-11-3-2-4-14(9-11)22(16,19)20/h2-9H,10H2,1H3,(H,17,18)(H2,16,19,20). The summed E-state index contributed by atoms with van der Waals surface area (Å²) in [5.74, 6) is -0.214. The van der Waals surface area contributed by atoms with E-state index in [4.69, 9.17) is 5.14 Å². The van der Waals surface area contributed by atoms with Gasteiger partial charge < -0.3 is 5.32 Å². The summed E-state index contributed by atoms with van der Waals surface area (Å²) in [6.45, 7) is 0.229. The van der Waals surface area contributed by atoms with Crippen molar-refractivity contribution in [2.45, 2.75) is 16.3 Å². The fourth-order valence-corrected chi connectivity index (χ4v) is 2.85. The number of hydrogen-bond donors (Lipinski definition) is 2. The maximum absolute atomic E-state index is 12.0. The average molecular weight is 336 g/mol. The lowest BCUT2D eigenvalue weighted by Gasteiger charge is -2.07. The molecule has 7 heteroatoms. The van der Waals surface area contributed by atoms with Crippen molar-refractivity contribution in [3.63, 3.8) is 0 Å². The first kappa shape index (κ1) is 16.5. The lowest BCUT2D eigenvalue weighted by atomic mass is 10.2. The van der Waals surface area contributed by atoms with Gasteiger partial charge in [-0.3, -0.25) is 4.79 Å². The van der Waals surface area contributed by atoms with E-state index < -0.39 is 10.0 Å². The smallest absolute Gasteiger partial charge is 0.251 e. The summed E-state index contributed by atoms with van der Waals surface area (Å²) in [6, 6.07) is 13.4. The first-order chi connectivity index (χ1) is 10.4. The Balaban J connectivity index is 2.04. The van der Waals surface area contributed by atoms with Crippen LogP contribution in [0.25, 0.3) is 0 Å². The van der Waals surface area contributed by atoms with Gasteiger partial charge in [-0.15, -0.1) is 11.8 Å². The average Bonchev–Trinajstić information content (AvgIpc) is 2.52. The summed E-state index contributed by atoms with van der Waals surface area (Å²) < 4.78 is 22.6. The van der Waals surface area contributed by atoms with Gasteiger partial charge in [0.25, 0.3) is 5.91 Å². The molecule has 0 aliphatic carbocycles. The summed E-state index contributed by atoms with van der Waals surface area (Å²) >= 11 is 1.60. The lowest BCUT2D eigenvalue weighted by Crippen LogP contribution is -2.23. The maximum atomic E-state index is 12.0. The van der Waals surface area contributed by atoms with Gasteiger partial charge in [-0.05, 0) is 48.2 Å². The van der Waals surface area contributed by atoms with E-state index in [1.807, 2.05) is 18.4 Å². The van der Waals surface area contributed by atoms with Gasteiger partial charge in [-0.2, -0.15) is 0 Å². The molecule has 2 aromatic carbocycles. The molecule has 0 saturated heterocycles. The van der Waals surface area contributed by atoms with Crippen molar-refractivity contribution in [2.75, 3.05) is 6.26 Å². The third kappa shape index (κ3) is 4.33. The number of hydrogen-bond acceptors (Lipinski definition) is 4. The molecule has 116 valence electrons. The Morgan fingerprint density at radius 2 is 1.86 bits per heavy atom. The highest BCUT2D eigenvalue weighted by Gasteiger charge is 2.09. The Morgan fingerprint density at radius 3 is 2.45 bits per heavy atom. The maximum Gasteiger partial charge on any atom is 0.251 e. The van der Waals surface area contributed by atoms with Crippen LogP contribution in [-0.4, -0.2) is 20.6 Å². The van der Waals surface area contributed by atoms with Crippen LogP contribution in [0.15, 0.2) is 58.3 Å². The van der Waals surface area contributed by atoms with E-state index in [1.165, 1.54) is 12.1 Å². The Kier molecular flexibility index (Phi) is 5.23. The van der Waals surface area contributed by atoms with Crippen molar-refractivity contribution < 1.29 is 13.2 Å².